The molecule has 0 aliphatic carbocycles. The average Bonchev–Trinajstić information content (AvgIpc) is 3.86. The second-order valence-corrected chi connectivity index (χ2v) is 15.6. The first-order chi connectivity index (χ1) is 28.7. The van der Waals surface area contributed by atoms with Crippen LogP contribution in [0.3, 0.4) is 0 Å². The van der Waals surface area contributed by atoms with Crippen LogP contribution in [-0.2, 0) is 41.8 Å². The summed E-state index contributed by atoms with van der Waals surface area (Å²) in [7, 11) is 2.69. The molecule has 0 unspecified atom stereocenters. The number of carbonyl (C=O) groups excluding carboxylic acids is 5. The molecule has 2 N–H and O–H groups in total. The van der Waals surface area contributed by atoms with Crippen molar-refractivity contribution in [3.63, 3.8) is 0 Å². The Hall–Kier alpha value is -5.52. The normalized spacial score (nSPS) is 12.2. The second-order valence-electron chi connectivity index (χ2n) is 14.5. The number of hydrogen-bond acceptors (Lipinski definition) is 12. The predicted molar refractivity (Wildman–Crippen MR) is 217 cm³/mol. The molecule has 2 aromatic carbocycles. The number of benzene rings is 2. The minimum Gasteiger partial charge on any atom is -0.493 e. The predicted octanol–water partition coefficient (Wildman–Crippen LogP) is 6.19. The number of esters is 1. The summed E-state index contributed by atoms with van der Waals surface area (Å²) in [6.07, 6.45) is 3.15. The molecule has 1 aliphatic rings. The van der Waals surface area contributed by atoms with E-state index >= 15 is 8.78 Å². The van der Waals surface area contributed by atoms with E-state index in [1.54, 1.807) is 6.07 Å². The van der Waals surface area contributed by atoms with Gasteiger partial charge in [-0.3, -0.25) is 28.8 Å². The fourth-order valence-electron chi connectivity index (χ4n) is 7.05. The van der Waals surface area contributed by atoms with E-state index in [0.717, 1.165) is 37.0 Å². The number of amides is 3. The first kappa shape index (κ1) is 47.2. The fourth-order valence-corrected chi connectivity index (χ4v) is 8.10. The number of fused-ring (bicyclic) bond motifs is 2. The highest BCUT2D eigenvalue weighted by molar-refractivity contribution is 7.20. The van der Waals surface area contributed by atoms with E-state index in [9.17, 15) is 28.8 Å². The minimum atomic E-state index is -1.10. The third-order valence-electron chi connectivity index (χ3n) is 10.1. The number of carboxylic acids is 1. The lowest BCUT2D eigenvalue weighted by Gasteiger charge is -2.38. The van der Waals surface area contributed by atoms with Crippen molar-refractivity contribution in [2.75, 3.05) is 47.1 Å². The number of hydrogen-bond donors (Lipinski definition) is 2. The third-order valence-corrected chi connectivity index (χ3v) is 11.3. The Balaban J connectivity index is 1.26. The summed E-state index contributed by atoms with van der Waals surface area (Å²) in [6.45, 7) is 5.75. The summed E-state index contributed by atoms with van der Waals surface area (Å²) in [5, 5.41) is 11.7. The Kier molecular flexibility index (Phi) is 17.4. The summed E-state index contributed by atoms with van der Waals surface area (Å²) in [6, 6.07) is 4.49. The van der Waals surface area contributed by atoms with Crippen LogP contribution in [0, 0.1) is 11.6 Å². The zero-order chi connectivity index (χ0) is 44.0. The quantitative estimate of drug-likeness (QED) is 0.0404. The lowest BCUT2D eigenvalue weighted by Crippen LogP contribution is -2.50. The maximum absolute atomic E-state index is 15.8. The van der Waals surface area contributed by atoms with E-state index in [1.165, 1.54) is 36.2 Å². The van der Waals surface area contributed by atoms with Gasteiger partial charge in [0.25, 0.3) is 0 Å². The number of Topliss-reactive ketones (excluding diaryl/α,β-unsaturated/α-hetero) is 1. The van der Waals surface area contributed by atoms with Crippen LogP contribution in [0.15, 0.2) is 18.2 Å². The standard InChI is InChI=1S/C42H53F2N3O12S/c1-6-13-42(3,14-7-2)47(25-48)24-34(50)45-15-18-57-37(54)12-9-29(49)33-20-27-32(60-33)21-31(56-5)41(38(27)43)59-17-8-16-58-40-30(55-4)19-26-22-46(23-28(26)39(40)44)35(51)10-11-36(52)53/h19-21,25H,6-18,22-24H2,1-5H3,(H,45,50)(H,52,53). The molecule has 4 rings (SSSR count). The Morgan fingerprint density at radius 1 is 0.900 bits per heavy atom. The number of ether oxygens (including phenoxy) is 5. The number of halogens is 2. The van der Waals surface area contributed by atoms with Gasteiger partial charge >= 0.3 is 11.9 Å². The van der Waals surface area contributed by atoms with Gasteiger partial charge in [-0.15, -0.1) is 11.3 Å². The molecule has 0 saturated heterocycles. The molecule has 1 aromatic heterocycles. The molecule has 60 heavy (non-hydrogen) atoms. The molecular weight excluding hydrogens is 809 g/mol. The van der Waals surface area contributed by atoms with E-state index < -0.39 is 40.8 Å². The molecule has 0 fully saturated rings. The molecule has 0 spiro atoms. The van der Waals surface area contributed by atoms with Crippen LogP contribution in [0.25, 0.3) is 10.1 Å². The van der Waals surface area contributed by atoms with E-state index in [0.29, 0.717) is 16.7 Å². The molecular formula is C42H53F2N3O12S. The van der Waals surface area contributed by atoms with Crippen molar-refractivity contribution in [3.05, 3.63) is 45.8 Å². The summed E-state index contributed by atoms with van der Waals surface area (Å²) in [5.74, 6) is -4.56. The maximum atomic E-state index is 15.8. The van der Waals surface area contributed by atoms with E-state index in [2.05, 4.69) is 5.32 Å². The summed E-state index contributed by atoms with van der Waals surface area (Å²) in [5.41, 5.74) is 0.334. The molecule has 1 aliphatic heterocycles. The smallest absolute Gasteiger partial charge is 0.306 e. The number of ketones is 1. The number of aliphatic carboxylic acids is 1. The zero-order valence-corrected chi connectivity index (χ0v) is 35.4. The van der Waals surface area contributed by atoms with Crippen molar-refractivity contribution in [1.29, 1.82) is 0 Å². The molecule has 15 nitrogen and oxygen atoms in total. The lowest BCUT2D eigenvalue weighted by atomic mass is 9.89. The van der Waals surface area contributed by atoms with Gasteiger partial charge in [0.1, 0.15) is 6.61 Å². The number of carboxylic acid groups (broad SMARTS) is 1. The summed E-state index contributed by atoms with van der Waals surface area (Å²) >= 11 is 1.03. The number of methoxy groups -OCH3 is 2. The van der Waals surface area contributed by atoms with Crippen LogP contribution in [0.4, 0.5) is 8.78 Å². The zero-order valence-electron chi connectivity index (χ0n) is 34.6. The Morgan fingerprint density at radius 3 is 2.17 bits per heavy atom. The first-order valence-corrected chi connectivity index (χ1v) is 20.6. The largest absolute Gasteiger partial charge is 0.493 e. The molecule has 2 heterocycles. The molecule has 3 aromatic rings. The topological polar surface area (TPSA) is 187 Å². The molecule has 0 saturated carbocycles. The molecule has 3 amide bonds. The van der Waals surface area contributed by atoms with Gasteiger partial charge in [0.2, 0.25) is 18.2 Å². The highest BCUT2D eigenvalue weighted by Crippen LogP contribution is 2.41. The van der Waals surface area contributed by atoms with Gasteiger partial charge in [0, 0.05) is 59.6 Å². The lowest BCUT2D eigenvalue weighted by molar-refractivity contribution is -0.144. The van der Waals surface area contributed by atoms with Crippen LogP contribution in [0.2, 0.25) is 0 Å². The van der Waals surface area contributed by atoms with Gasteiger partial charge in [0.15, 0.2) is 40.4 Å². The molecule has 0 atom stereocenters. The number of rotatable bonds is 26. The highest BCUT2D eigenvalue weighted by atomic mass is 32.1. The van der Waals surface area contributed by atoms with E-state index in [4.69, 9.17) is 28.8 Å². The van der Waals surface area contributed by atoms with Gasteiger partial charge in [-0.25, -0.2) is 8.78 Å². The number of nitrogens with one attached hydrogen (secondary N) is 1. The van der Waals surface area contributed by atoms with Crippen molar-refractivity contribution >= 4 is 57.4 Å². The molecule has 328 valence electrons. The molecule has 0 bridgehead atoms. The second kappa shape index (κ2) is 22.2. The Morgan fingerprint density at radius 2 is 1.55 bits per heavy atom. The summed E-state index contributed by atoms with van der Waals surface area (Å²) < 4.78 is 59.1. The van der Waals surface area contributed by atoms with Gasteiger partial charge in [0.05, 0.1) is 58.2 Å². The van der Waals surface area contributed by atoms with Crippen LogP contribution in [0.1, 0.15) is 99.4 Å². The SMILES string of the molecule is CCCC(C)(CCC)N(C=O)CC(=O)NCCOC(=O)CCC(=O)c1cc2c(F)c(OCCCOc3c(OC)cc4c(c3F)CN(C(=O)CCC(=O)O)C4)c(OC)cc2s1. The fraction of sp³-hybridized carbons (Fsp3) is 0.524. The van der Waals surface area contributed by atoms with Gasteiger partial charge < -0.3 is 43.9 Å². The number of thiophene rings is 1. The van der Waals surface area contributed by atoms with Crippen molar-refractivity contribution in [3.8, 4) is 23.0 Å². The third kappa shape index (κ3) is 12.0. The minimum absolute atomic E-state index is 0.0310. The van der Waals surface area contributed by atoms with Crippen molar-refractivity contribution < 1.29 is 66.3 Å². The maximum Gasteiger partial charge on any atom is 0.306 e. The number of nitrogens with zero attached hydrogens (tertiary/aromatic N) is 2. The van der Waals surface area contributed by atoms with Crippen molar-refractivity contribution in [1.82, 2.24) is 15.1 Å². The van der Waals surface area contributed by atoms with E-state index in [-0.39, 0.29) is 123 Å². The summed E-state index contributed by atoms with van der Waals surface area (Å²) in [4.78, 5) is 76.1. The van der Waals surface area contributed by atoms with Gasteiger partial charge in [-0.2, -0.15) is 0 Å². The Labute approximate surface area is 351 Å². The molecule has 0 radical (unpaired) electrons. The van der Waals surface area contributed by atoms with Crippen LogP contribution in [-0.4, -0.2) is 104 Å². The average molecular weight is 862 g/mol. The van der Waals surface area contributed by atoms with Crippen LogP contribution in [0.5, 0.6) is 23.0 Å². The van der Waals surface area contributed by atoms with E-state index in [1.807, 2.05) is 20.8 Å². The van der Waals surface area contributed by atoms with Crippen LogP contribution >= 0.6 is 11.3 Å². The number of carbonyl (C=O) groups is 6. The van der Waals surface area contributed by atoms with Crippen molar-refractivity contribution in [2.24, 2.45) is 0 Å². The van der Waals surface area contributed by atoms with Gasteiger partial charge in [-0.1, -0.05) is 26.7 Å². The highest BCUT2D eigenvalue weighted by Gasteiger charge is 2.32. The monoisotopic (exact) mass is 861 g/mol. The van der Waals surface area contributed by atoms with Crippen LogP contribution < -0.4 is 24.3 Å². The molecule has 18 heteroatoms. The van der Waals surface area contributed by atoms with Crippen molar-refractivity contribution in [2.45, 2.75) is 97.2 Å². The first-order valence-electron chi connectivity index (χ1n) is 19.8. The van der Waals surface area contributed by atoms with Gasteiger partial charge in [-0.05, 0) is 37.5 Å². The Bertz CT molecular complexity index is 2030.